The topological polar surface area (TPSA) is 23.8 Å². The van der Waals surface area contributed by atoms with Crippen molar-refractivity contribution < 1.29 is 4.39 Å². The van der Waals surface area contributed by atoms with Gasteiger partial charge in [0.05, 0.1) is 11.5 Å². The molecule has 1 spiro atoms. The Morgan fingerprint density at radius 1 is 1.10 bits per heavy atom. The van der Waals surface area contributed by atoms with Crippen LogP contribution in [0.15, 0.2) is 18.2 Å². The molecule has 3 heteroatoms. The predicted octanol–water partition coefficient (Wildman–Crippen LogP) is 5.37. The molecular weight excluding hydrogens is 273 g/mol. The zero-order valence-corrected chi connectivity index (χ0v) is 12.3. The van der Waals surface area contributed by atoms with E-state index in [2.05, 4.69) is 6.07 Å². The molecule has 1 aromatic carbocycles. The molecule has 0 heterocycles. The molecule has 3 rings (SSSR count). The zero-order valence-electron chi connectivity index (χ0n) is 11.6. The standard InChI is InChI=1S/C17H19ClFN/c18-15-9-13(19)5-6-14(15)17(12-20)10-16(11-17)7-3-1-2-4-8-16/h5-6,9H,1-4,7-8,10-11H2. The summed E-state index contributed by atoms with van der Waals surface area (Å²) in [5.74, 6) is -0.338. The Kier molecular flexibility index (Phi) is 3.50. The Morgan fingerprint density at radius 2 is 1.75 bits per heavy atom. The highest BCUT2D eigenvalue weighted by Gasteiger charge is 2.55. The highest BCUT2D eigenvalue weighted by molar-refractivity contribution is 6.31. The molecule has 106 valence electrons. The van der Waals surface area contributed by atoms with Gasteiger partial charge >= 0.3 is 0 Å². The highest BCUT2D eigenvalue weighted by atomic mass is 35.5. The molecule has 2 aliphatic rings. The lowest BCUT2D eigenvalue weighted by Crippen LogP contribution is -2.48. The van der Waals surface area contributed by atoms with Gasteiger partial charge in [-0.05, 0) is 48.8 Å². The van der Waals surface area contributed by atoms with Gasteiger partial charge in [-0.2, -0.15) is 5.26 Å². The maximum atomic E-state index is 13.2. The second-order valence-corrected chi connectivity index (χ2v) is 6.99. The van der Waals surface area contributed by atoms with Crippen molar-refractivity contribution in [1.29, 1.82) is 5.26 Å². The third kappa shape index (κ3) is 2.23. The quantitative estimate of drug-likeness (QED) is 0.682. The smallest absolute Gasteiger partial charge is 0.124 e. The van der Waals surface area contributed by atoms with Crippen LogP contribution in [-0.4, -0.2) is 0 Å². The Morgan fingerprint density at radius 3 is 2.30 bits per heavy atom. The Labute approximate surface area is 124 Å². The van der Waals surface area contributed by atoms with Crippen molar-refractivity contribution in [1.82, 2.24) is 0 Å². The van der Waals surface area contributed by atoms with E-state index in [0.29, 0.717) is 10.4 Å². The molecule has 1 aromatic rings. The minimum atomic E-state index is -0.491. The Bertz CT molecular complexity index is 545. The van der Waals surface area contributed by atoms with Gasteiger partial charge < -0.3 is 0 Å². The van der Waals surface area contributed by atoms with Crippen LogP contribution in [0.1, 0.15) is 56.9 Å². The molecular formula is C17H19ClFN. The summed E-state index contributed by atoms with van der Waals surface area (Å²) in [7, 11) is 0. The summed E-state index contributed by atoms with van der Waals surface area (Å²) in [6.07, 6.45) is 9.43. The third-order valence-electron chi connectivity index (χ3n) is 5.18. The van der Waals surface area contributed by atoms with Gasteiger partial charge in [0.15, 0.2) is 0 Å². The van der Waals surface area contributed by atoms with E-state index >= 15 is 0 Å². The lowest BCUT2D eigenvalue weighted by molar-refractivity contribution is 0.0398. The number of hydrogen-bond acceptors (Lipinski definition) is 1. The van der Waals surface area contributed by atoms with Gasteiger partial charge in [0.2, 0.25) is 0 Å². The summed E-state index contributed by atoms with van der Waals surface area (Å²) in [6, 6.07) is 6.92. The number of nitriles is 1. The van der Waals surface area contributed by atoms with Crippen LogP contribution in [0.25, 0.3) is 0 Å². The first kappa shape index (κ1) is 13.9. The molecule has 0 saturated heterocycles. The van der Waals surface area contributed by atoms with Crippen LogP contribution in [-0.2, 0) is 5.41 Å². The van der Waals surface area contributed by atoms with E-state index in [-0.39, 0.29) is 5.82 Å². The van der Waals surface area contributed by atoms with Crippen LogP contribution in [0.5, 0.6) is 0 Å². The summed E-state index contributed by atoms with van der Waals surface area (Å²) in [6.45, 7) is 0. The summed E-state index contributed by atoms with van der Waals surface area (Å²) in [4.78, 5) is 0. The van der Waals surface area contributed by atoms with Crippen molar-refractivity contribution in [2.75, 3.05) is 0 Å². The minimum absolute atomic E-state index is 0.337. The molecule has 2 fully saturated rings. The molecule has 2 aliphatic carbocycles. The van der Waals surface area contributed by atoms with Crippen molar-refractivity contribution in [3.63, 3.8) is 0 Å². The van der Waals surface area contributed by atoms with Crippen LogP contribution < -0.4 is 0 Å². The normalized spacial score (nSPS) is 23.6. The number of halogens is 2. The molecule has 0 bridgehead atoms. The van der Waals surface area contributed by atoms with E-state index in [1.807, 2.05) is 0 Å². The second-order valence-electron chi connectivity index (χ2n) is 6.59. The molecule has 1 nitrogen and oxygen atoms in total. The largest absolute Gasteiger partial charge is 0.207 e. The van der Waals surface area contributed by atoms with Gasteiger partial charge in [-0.25, -0.2) is 4.39 Å². The van der Waals surface area contributed by atoms with Crippen molar-refractivity contribution in [3.05, 3.63) is 34.6 Å². The Hall–Kier alpha value is -1.07. The van der Waals surface area contributed by atoms with Gasteiger partial charge in [0, 0.05) is 5.02 Å². The van der Waals surface area contributed by atoms with Crippen molar-refractivity contribution >= 4 is 11.6 Å². The maximum absolute atomic E-state index is 13.2. The summed E-state index contributed by atoms with van der Waals surface area (Å²) in [5.41, 5.74) is 0.664. The number of benzene rings is 1. The molecule has 0 amide bonds. The fourth-order valence-corrected chi connectivity index (χ4v) is 4.62. The maximum Gasteiger partial charge on any atom is 0.124 e. The summed E-state index contributed by atoms with van der Waals surface area (Å²) < 4.78 is 13.2. The van der Waals surface area contributed by atoms with Crippen molar-refractivity contribution in [2.24, 2.45) is 5.41 Å². The average Bonchev–Trinajstić information content (AvgIpc) is 2.62. The molecule has 0 aromatic heterocycles. The van der Waals surface area contributed by atoms with Crippen LogP contribution in [0.3, 0.4) is 0 Å². The lowest BCUT2D eigenvalue weighted by atomic mass is 9.48. The molecule has 2 saturated carbocycles. The van der Waals surface area contributed by atoms with E-state index in [9.17, 15) is 9.65 Å². The average molecular weight is 292 g/mol. The predicted molar refractivity (Wildman–Crippen MR) is 78.1 cm³/mol. The molecule has 0 N–H and O–H groups in total. The van der Waals surface area contributed by atoms with Crippen LogP contribution in [0.4, 0.5) is 4.39 Å². The first-order valence-corrected chi connectivity index (χ1v) is 7.84. The minimum Gasteiger partial charge on any atom is -0.207 e. The van der Waals surface area contributed by atoms with Crippen LogP contribution >= 0.6 is 11.6 Å². The third-order valence-corrected chi connectivity index (χ3v) is 5.49. The van der Waals surface area contributed by atoms with Crippen molar-refractivity contribution in [2.45, 2.75) is 56.8 Å². The van der Waals surface area contributed by atoms with Crippen LogP contribution in [0.2, 0.25) is 5.02 Å². The van der Waals surface area contributed by atoms with Gasteiger partial charge in [0.25, 0.3) is 0 Å². The van der Waals surface area contributed by atoms with Gasteiger partial charge in [-0.3, -0.25) is 0 Å². The monoisotopic (exact) mass is 291 g/mol. The highest BCUT2D eigenvalue weighted by Crippen LogP contribution is 2.61. The van der Waals surface area contributed by atoms with E-state index in [4.69, 9.17) is 11.6 Å². The van der Waals surface area contributed by atoms with E-state index < -0.39 is 5.41 Å². The molecule has 0 radical (unpaired) electrons. The molecule has 0 unspecified atom stereocenters. The number of nitrogens with zero attached hydrogens (tertiary/aromatic N) is 1. The molecule has 20 heavy (non-hydrogen) atoms. The first-order valence-electron chi connectivity index (χ1n) is 7.46. The Balaban J connectivity index is 1.87. The number of hydrogen-bond donors (Lipinski definition) is 0. The number of rotatable bonds is 1. The molecule has 0 aliphatic heterocycles. The zero-order chi connectivity index (χ0) is 14.2. The van der Waals surface area contributed by atoms with Gasteiger partial charge in [-0.1, -0.05) is 43.4 Å². The fourth-order valence-electron chi connectivity index (χ4n) is 4.27. The van der Waals surface area contributed by atoms with Crippen LogP contribution in [0, 0.1) is 22.6 Å². The van der Waals surface area contributed by atoms with Gasteiger partial charge in [-0.15, -0.1) is 0 Å². The first-order chi connectivity index (χ1) is 9.59. The summed E-state index contributed by atoms with van der Waals surface area (Å²) >= 11 is 6.17. The van der Waals surface area contributed by atoms with Crippen molar-refractivity contribution in [3.8, 4) is 6.07 Å². The van der Waals surface area contributed by atoms with E-state index in [1.54, 1.807) is 6.07 Å². The SMILES string of the molecule is N#CC1(c2ccc(F)cc2Cl)CC2(CCCCCC2)C1. The van der Waals surface area contributed by atoms with Gasteiger partial charge in [0.1, 0.15) is 5.82 Å². The van der Waals surface area contributed by atoms with E-state index in [0.717, 1.165) is 18.4 Å². The van der Waals surface area contributed by atoms with E-state index in [1.165, 1.54) is 50.7 Å². The molecule has 0 atom stereocenters. The summed E-state index contributed by atoms with van der Waals surface area (Å²) in [5, 5.41) is 10.1. The lowest BCUT2D eigenvalue weighted by Gasteiger charge is -2.53. The second kappa shape index (κ2) is 5.04. The fraction of sp³-hybridized carbons (Fsp3) is 0.588.